The molecule has 0 aliphatic rings. The van der Waals surface area contributed by atoms with Gasteiger partial charge >= 0.3 is 0 Å². The molecule has 0 aliphatic carbocycles. The molecule has 2 nitrogen and oxygen atoms in total. The van der Waals surface area contributed by atoms with Crippen molar-refractivity contribution < 1.29 is 9.18 Å². The van der Waals surface area contributed by atoms with E-state index in [1.165, 1.54) is 17.7 Å². The van der Waals surface area contributed by atoms with Gasteiger partial charge in [0, 0.05) is 9.26 Å². The second-order valence-corrected chi connectivity index (χ2v) is 5.48. The highest BCUT2D eigenvalue weighted by Crippen LogP contribution is 2.17. The van der Waals surface area contributed by atoms with Gasteiger partial charge in [0.25, 0.3) is 0 Å². The second kappa shape index (κ2) is 6.14. The number of anilines is 1. The zero-order chi connectivity index (χ0) is 13.8. The number of carbonyl (C=O) groups excluding carboxylic acids is 1. The molecule has 0 bridgehead atoms. The normalized spacial score (nSPS) is 10.3. The topological polar surface area (TPSA) is 29.1 Å². The molecule has 0 aliphatic heterocycles. The summed E-state index contributed by atoms with van der Waals surface area (Å²) in [6.45, 7) is 2.01. The third kappa shape index (κ3) is 4.02. The molecular formula is C15H13FINO. The second-order valence-electron chi connectivity index (χ2n) is 4.32. The number of hydrogen-bond acceptors (Lipinski definition) is 1. The van der Waals surface area contributed by atoms with Gasteiger partial charge in [-0.2, -0.15) is 0 Å². The van der Waals surface area contributed by atoms with Crippen molar-refractivity contribution in [2.45, 2.75) is 13.3 Å². The van der Waals surface area contributed by atoms with Gasteiger partial charge in [-0.3, -0.25) is 4.79 Å². The van der Waals surface area contributed by atoms with Crippen molar-refractivity contribution in [3.8, 4) is 0 Å². The standard InChI is InChI=1S/C15H13FINO/c1-10-5-6-13(9-14(10)17)18-15(19)8-11-3-2-4-12(16)7-11/h2-7,9H,8H2,1H3,(H,18,19). The number of benzene rings is 2. The Kier molecular flexibility index (Phi) is 4.52. The summed E-state index contributed by atoms with van der Waals surface area (Å²) in [4.78, 5) is 11.9. The quantitative estimate of drug-likeness (QED) is 0.817. The van der Waals surface area contributed by atoms with E-state index in [1.54, 1.807) is 12.1 Å². The van der Waals surface area contributed by atoms with Gasteiger partial charge in [-0.25, -0.2) is 4.39 Å². The molecule has 0 saturated carbocycles. The third-order valence-electron chi connectivity index (χ3n) is 2.71. The molecule has 1 amide bonds. The lowest BCUT2D eigenvalue weighted by Gasteiger charge is -2.07. The van der Waals surface area contributed by atoms with Gasteiger partial charge in [-0.15, -0.1) is 0 Å². The predicted octanol–water partition coefficient (Wildman–Crippen LogP) is 3.92. The van der Waals surface area contributed by atoms with Crippen LogP contribution < -0.4 is 5.32 Å². The Morgan fingerprint density at radius 2 is 2.05 bits per heavy atom. The molecule has 19 heavy (non-hydrogen) atoms. The molecule has 0 saturated heterocycles. The zero-order valence-corrected chi connectivity index (χ0v) is 12.6. The molecule has 98 valence electrons. The molecule has 0 aromatic heterocycles. The summed E-state index contributed by atoms with van der Waals surface area (Å²) in [6.07, 6.45) is 0.169. The maximum atomic E-state index is 13.0. The Hall–Kier alpha value is -1.43. The number of aryl methyl sites for hydroxylation is 1. The first-order valence-corrected chi connectivity index (χ1v) is 6.93. The minimum absolute atomic E-state index is 0.148. The number of carbonyl (C=O) groups is 1. The van der Waals surface area contributed by atoms with Gasteiger partial charge in [0.15, 0.2) is 0 Å². The van der Waals surface area contributed by atoms with Crippen LogP contribution in [0.1, 0.15) is 11.1 Å². The van der Waals surface area contributed by atoms with Crippen LogP contribution in [-0.4, -0.2) is 5.91 Å². The average molecular weight is 369 g/mol. The molecule has 4 heteroatoms. The SMILES string of the molecule is Cc1ccc(NC(=O)Cc2cccc(F)c2)cc1I. The number of rotatable bonds is 3. The van der Waals surface area contributed by atoms with Gasteiger partial charge in [-0.1, -0.05) is 18.2 Å². The van der Waals surface area contributed by atoms with Gasteiger partial charge in [0.1, 0.15) is 5.82 Å². The first-order chi connectivity index (χ1) is 9.04. The molecule has 0 atom stereocenters. The summed E-state index contributed by atoms with van der Waals surface area (Å²) < 4.78 is 14.1. The molecule has 0 unspecified atom stereocenters. The van der Waals surface area contributed by atoms with Crippen LogP contribution in [0, 0.1) is 16.3 Å². The maximum Gasteiger partial charge on any atom is 0.228 e. The molecule has 1 N–H and O–H groups in total. The summed E-state index contributed by atoms with van der Waals surface area (Å²) in [5.74, 6) is -0.472. The number of amides is 1. The van der Waals surface area contributed by atoms with E-state index in [2.05, 4.69) is 27.9 Å². The van der Waals surface area contributed by atoms with Crippen molar-refractivity contribution in [3.63, 3.8) is 0 Å². The fraction of sp³-hybridized carbons (Fsp3) is 0.133. The summed E-state index contributed by atoms with van der Waals surface area (Å²) in [7, 11) is 0. The van der Waals surface area contributed by atoms with Crippen LogP contribution in [-0.2, 0) is 11.2 Å². The lowest BCUT2D eigenvalue weighted by molar-refractivity contribution is -0.115. The van der Waals surface area contributed by atoms with E-state index in [0.717, 1.165) is 9.26 Å². The van der Waals surface area contributed by atoms with Gasteiger partial charge in [0.05, 0.1) is 6.42 Å². The van der Waals surface area contributed by atoms with E-state index in [-0.39, 0.29) is 18.1 Å². The van der Waals surface area contributed by atoms with Crippen molar-refractivity contribution in [3.05, 3.63) is 63.0 Å². The molecule has 2 rings (SSSR count). The highest BCUT2D eigenvalue weighted by Gasteiger charge is 2.06. The van der Waals surface area contributed by atoms with Crippen LogP contribution >= 0.6 is 22.6 Å². The van der Waals surface area contributed by atoms with Crippen LogP contribution in [0.15, 0.2) is 42.5 Å². The fourth-order valence-corrected chi connectivity index (χ4v) is 2.22. The predicted molar refractivity (Wildman–Crippen MR) is 82.6 cm³/mol. The van der Waals surface area contributed by atoms with E-state index < -0.39 is 0 Å². The van der Waals surface area contributed by atoms with E-state index in [0.29, 0.717) is 5.56 Å². The van der Waals surface area contributed by atoms with E-state index in [9.17, 15) is 9.18 Å². The summed E-state index contributed by atoms with van der Waals surface area (Å²) in [5.41, 5.74) is 2.60. The third-order valence-corrected chi connectivity index (χ3v) is 3.87. The summed E-state index contributed by atoms with van der Waals surface area (Å²) in [5, 5.41) is 2.81. The van der Waals surface area contributed by atoms with E-state index in [4.69, 9.17) is 0 Å². The van der Waals surface area contributed by atoms with Crippen molar-refractivity contribution in [1.82, 2.24) is 0 Å². The molecule has 2 aromatic rings. The van der Waals surface area contributed by atoms with Crippen LogP contribution in [0.2, 0.25) is 0 Å². The van der Waals surface area contributed by atoms with Crippen LogP contribution in [0.4, 0.5) is 10.1 Å². The Morgan fingerprint density at radius 1 is 1.26 bits per heavy atom. The number of nitrogens with one attached hydrogen (secondary N) is 1. The van der Waals surface area contributed by atoms with Crippen LogP contribution in [0.25, 0.3) is 0 Å². The Balaban J connectivity index is 2.03. The smallest absolute Gasteiger partial charge is 0.228 e. The van der Waals surface area contributed by atoms with E-state index >= 15 is 0 Å². The van der Waals surface area contributed by atoms with Crippen molar-refractivity contribution in [2.24, 2.45) is 0 Å². The highest BCUT2D eigenvalue weighted by atomic mass is 127. The fourth-order valence-electron chi connectivity index (χ4n) is 1.71. The first kappa shape index (κ1) is 14.0. The molecular weight excluding hydrogens is 356 g/mol. The van der Waals surface area contributed by atoms with Gasteiger partial charge in [-0.05, 0) is 64.9 Å². The average Bonchev–Trinajstić information content (AvgIpc) is 2.34. The van der Waals surface area contributed by atoms with E-state index in [1.807, 2.05) is 25.1 Å². The van der Waals surface area contributed by atoms with Crippen LogP contribution in [0.5, 0.6) is 0 Å². The number of halogens is 2. The largest absolute Gasteiger partial charge is 0.326 e. The Labute approximate surface area is 125 Å². The molecule has 2 aromatic carbocycles. The molecule has 0 radical (unpaired) electrons. The lowest BCUT2D eigenvalue weighted by Crippen LogP contribution is -2.14. The van der Waals surface area contributed by atoms with Crippen molar-refractivity contribution >= 4 is 34.2 Å². The minimum atomic E-state index is -0.324. The first-order valence-electron chi connectivity index (χ1n) is 5.85. The summed E-state index contributed by atoms with van der Waals surface area (Å²) >= 11 is 2.22. The molecule has 0 spiro atoms. The summed E-state index contributed by atoms with van der Waals surface area (Å²) in [6, 6.07) is 11.8. The van der Waals surface area contributed by atoms with Crippen LogP contribution in [0.3, 0.4) is 0 Å². The Morgan fingerprint density at radius 3 is 2.74 bits per heavy atom. The highest BCUT2D eigenvalue weighted by molar-refractivity contribution is 14.1. The van der Waals surface area contributed by atoms with Crippen molar-refractivity contribution in [2.75, 3.05) is 5.32 Å². The monoisotopic (exact) mass is 369 g/mol. The minimum Gasteiger partial charge on any atom is -0.326 e. The Bertz CT molecular complexity index is 613. The zero-order valence-electron chi connectivity index (χ0n) is 10.4. The maximum absolute atomic E-state index is 13.0. The molecule has 0 heterocycles. The van der Waals surface area contributed by atoms with Crippen molar-refractivity contribution in [1.29, 1.82) is 0 Å². The molecule has 0 fully saturated rings. The van der Waals surface area contributed by atoms with Gasteiger partial charge < -0.3 is 5.32 Å². The lowest BCUT2D eigenvalue weighted by atomic mass is 10.1. The van der Waals surface area contributed by atoms with Gasteiger partial charge in [0.2, 0.25) is 5.91 Å². The number of hydrogen-bond donors (Lipinski definition) is 1.